The van der Waals surface area contributed by atoms with E-state index in [9.17, 15) is 9.90 Å². The van der Waals surface area contributed by atoms with E-state index < -0.39 is 5.97 Å². The van der Waals surface area contributed by atoms with Gasteiger partial charge in [0.05, 0.1) is 11.3 Å². The number of hydrogen-bond donors (Lipinski definition) is 2. The van der Waals surface area contributed by atoms with Gasteiger partial charge in [-0.1, -0.05) is 13.8 Å². The number of aromatic carboxylic acids is 1. The van der Waals surface area contributed by atoms with E-state index in [-0.39, 0.29) is 0 Å². The van der Waals surface area contributed by atoms with Crippen molar-refractivity contribution in [1.82, 2.24) is 0 Å². The number of carboxylic acid groups (broad SMARTS) is 1. The third kappa shape index (κ3) is 2.20. The van der Waals surface area contributed by atoms with Crippen LogP contribution in [0.3, 0.4) is 0 Å². The van der Waals surface area contributed by atoms with Gasteiger partial charge in [-0.05, 0) is 30.0 Å². The number of nitrogen functional groups attached to an aromatic ring is 1. The van der Waals surface area contributed by atoms with E-state index in [0.717, 1.165) is 18.8 Å². The van der Waals surface area contributed by atoms with Crippen molar-refractivity contribution in [2.75, 3.05) is 23.7 Å². The molecule has 17 heavy (non-hydrogen) atoms. The second-order valence-electron chi connectivity index (χ2n) is 4.94. The normalized spacial score (nSPS) is 24.0. The van der Waals surface area contributed by atoms with Crippen molar-refractivity contribution in [2.45, 2.75) is 13.8 Å². The number of carbonyl (C=O) groups is 1. The summed E-state index contributed by atoms with van der Waals surface area (Å²) >= 11 is 0. The highest BCUT2D eigenvalue weighted by Crippen LogP contribution is 2.31. The van der Waals surface area contributed by atoms with E-state index >= 15 is 0 Å². The van der Waals surface area contributed by atoms with Crippen LogP contribution in [-0.4, -0.2) is 24.2 Å². The minimum absolute atomic E-state index is 0.298. The lowest BCUT2D eigenvalue weighted by molar-refractivity contribution is 0.0697. The smallest absolute Gasteiger partial charge is 0.337 e. The second-order valence-corrected chi connectivity index (χ2v) is 4.94. The van der Waals surface area contributed by atoms with Crippen LogP contribution >= 0.6 is 0 Å². The molecule has 2 unspecified atom stereocenters. The molecule has 0 aliphatic carbocycles. The lowest BCUT2D eigenvalue weighted by atomic mass is 10.0. The van der Waals surface area contributed by atoms with Gasteiger partial charge in [-0.3, -0.25) is 0 Å². The third-order valence-corrected chi connectivity index (χ3v) is 3.58. The number of benzene rings is 1. The summed E-state index contributed by atoms with van der Waals surface area (Å²) in [5.74, 6) is 0.267. The maximum atomic E-state index is 11.2. The first kappa shape index (κ1) is 11.8. The monoisotopic (exact) mass is 234 g/mol. The third-order valence-electron chi connectivity index (χ3n) is 3.58. The quantitative estimate of drug-likeness (QED) is 0.769. The SMILES string of the molecule is CC1CN(c2ccc(N)cc2C(=O)O)CC1C. The molecule has 0 amide bonds. The summed E-state index contributed by atoms with van der Waals surface area (Å²) in [5.41, 5.74) is 7.21. The fourth-order valence-electron chi connectivity index (χ4n) is 2.33. The Morgan fingerprint density at radius 1 is 1.35 bits per heavy atom. The number of carboxylic acids is 1. The molecule has 0 saturated carbocycles. The van der Waals surface area contributed by atoms with Gasteiger partial charge in [0.2, 0.25) is 0 Å². The van der Waals surface area contributed by atoms with Crippen LogP contribution in [0.1, 0.15) is 24.2 Å². The molecule has 1 aliphatic heterocycles. The molecule has 2 atom stereocenters. The topological polar surface area (TPSA) is 66.6 Å². The zero-order valence-electron chi connectivity index (χ0n) is 10.2. The summed E-state index contributed by atoms with van der Waals surface area (Å²) in [4.78, 5) is 13.3. The van der Waals surface area contributed by atoms with Crippen LogP contribution in [0.15, 0.2) is 18.2 Å². The van der Waals surface area contributed by atoms with E-state index in [1.165, 1.54) is 6.07 Å². The molecule has 0 radical (unpaired) electrons. The van der Waals surface area contributed by atoms with E-state index in [2.05, 4.69) is 18.7 Å². The number of nitrogens with zero attached hydrogens (tertiary/aromatic N) is 1. The van der Waals surface area contributed by atoms with Gasteiger partial charge < -0.3 is 15.7 Å². The molecule has 0 aromatic heterocycles. The van der Waals surface area contributed by atoms with Crippen molar-refractivity contribution in [2.24, 2.45) is 11.8 Å². The predicted molar refractivity (Wildman–Crippen MR) is 68.4 cm³/mol. The van der Waals surface area contributed by atoms with Crippen LogP contribution in [0.5, 0.6) is 0 Å². The summed E-state index contributed by atoms with van der Waals surface area (Å²) in [7, 11) is 0. The molecule has 1 fully saturated rings. The number of nitrogens with two attached hydrogens (primary N) is 1. The van der Waals surface area contributed by atoms with Gasteiger partial charge >= 0.3 is 5.97 Å². The zero-order valence-corrected chi connectivity index (χ0v) is 10.2. The largest absolute Gasteiger partial charge is 0.478 e. The molecule has 1 aromatic carbocycles. The molecule has 1 heterocycles. The van der Waals surface area contributed by atoms with Crippen molar-refractivity contribution < 1.29 is 9.90 Å². The van der Waals surface area contributed by atoms with Crippen LogP contribution in [0, 0.1) is 11.8 Å². The highest BCUT2D eigenvalue weighted by Gasteiger charge is 2.28. The maximum Gasteiger partial charge on any atom is 0.337 e. The van der Waals surface area contributed by atoms with Gasteiger partial charge in [-0.25, -0.2) is 4.79 Å². The maximum absolute atomic E-state index is 11.2. The average Bonchev–Trinajstić information content (AvgIpc) is 2.59. The Morgan fingerprint density at radius 3 is 2.47 bits per heavy atom. The van der Waals surface area contributed by atoms with Crippen LogP contribution in [0.2, 0.25) is 0 Å². The molecule has 4 heteroatoms. The summed E-state index contributed by atoms with van der Waals surface area (Å²) in [6.07, 6.45) is 0. The summed E-state index contributed by atoms with van der Waals surface area (Å²) in [6.45, 7) is 6.21. The first-order valence-electron chi connectivity index (χ1n) is 5.87. The van der Waals surface area contributed by atoms with Crippen LogP contribution < -0.4 is 10.6 Å². The van der Waals surface area contributed by atoms with E-state index in [4.69, 9.17) is 5.73 Å². The molecular formula is C13H18N2O2. The number of rotatable bonds is 2. The molecule has 1 aliphatic rings. The van der Waals surface area contributed by atoms with Crippen molar-refractivity contribution in [3.05, 3.63) is 23.8 Å². The number of anilines is 2. The molecule has 1 aromatic rings. The summed E-state index contributed by atoms with van der Waals surface area (Å²) in [6, 6.07) is 5.10. The molecular weight excluding hydrogens is 216 g/mol. The molecule has 0 bridgehead atoms. The first-order valence-corrected chi connectivity index (χ1v) is 5.87. The molecule has 0 spiro atoms. The minimum atomic E-state index is -0.917. The lowest BCUT2D eigenvalue weighted by Gasteiger charge is -2.20. The van der Waals surface area contributed by atoms with E-state index in [0.29, 0.717) is 23.1 Å². The average molecular weight is 234 g/mol. The fraction of sp³-hybridized carbons (Fsp3) is 0.462. The summed E-state index contributed by atoms with van der Waals surface area (Å²) < 4.78 is 0. The number of hydrogen-bond acceptors (Lipinski definition) is 3. The Hall–Kier alpha value is -1.71. The van der Waals surface area contributed by atoms with Gasteiger partial charge in [-0.15, -0.1) is 0 Å². The molecule has 92 valence electrons. The van der Waals surface area contributed by atoms with E-state index in [1.807, 2.05) is 6.07 Å². The highest BCUT2D eigenvalue weighted by atomic mass is 16.4. The van der Waals surface area contributed by atoms with Gasteiger partial charge in [0.1, 0.15) is 0 Å². The zero-order chi connectivity index (χ0) is 12.6. The Kier molecular flexibility index (Phi) is 2.96. The Balaban J connectivity index is 2.36. The standard InChI is InChI=1S/C13H18N2O2/c1-8-6-15(7-9(8)2)12-4-3-10(14)5-11(12)13(16)17/h3-5,8-9H,6-7,14H2,1-2H3,(H,16,17). The first-order chi connectivity index (χ1) is 7.99. The van der Waals surface area contributed by atoms with Crippen LogP contribution in [0.25, 0.3) is 0 Å². The van der Waals surface area contributed by atoms with Gasteiger partial charge in [-0.2, -0.15) is 0 Å². The predicted octanol–water partition coefficient (Wildman–Crippen LogP) is 2.06. The van der Waals surface area contributed by atoms with Crippen LogP contribution in [-0.2, 0) is 0 Å². The van der Waals surface area contributed by atoms with Gasteiger partial charge in [0, 0.05) is 18.8 Å². The van der Waals surface area contributed by atoms with Crippen molar-refractivity contribution >= 4 is 17.3 Å². The van der Waals surface area contributed by atoms with Gasteiger partial charge in [0.25, 0.3) is 0 Å². The Labute approximate surface area is 101 Å². The molecule has 4 nitrogen and oxygen atoms in total. The summed E-state index contributed by atoms with van der Waals surface area (Å²) in [5, 5.41) is 9.20. The van der Waals surface area contributed by atoms with Crippen molar-refractivity contribution in [3.63, 3.8) is 0 Å². The Morgan fingerprint density at radius 2 is 1.94 bits per heavy atom. The Bertz CT molecular complexity index is 435. The second kappa shape index (κ2) is 4.28. The van der Waals surface area contributed by atoms with Crippen molar-refractivity contribution in [3.8, 4) is 0 Å². The van der Waals surface area contributed by atoms with Crippen LogP contribution in [0.4, 0.5) is 11.4 Å². The highest BCUT2D eigenvalue weighted by molar-refractivity contribution is 5.95. The minimum Gasteiger partial charge on any atom is -0.478 e. The molecule has 1 saturated heterocycles. The molecule has 3 N–H and O–H groups in total. The van der Waals surface area contributed by atoms with Crippen molar-refractivity contribution in [1.29, 1.82) is 0 Å². The fourth-order valence-corrected chi connectivity index (χ4v) is 2.33. The van der Waals surface area contributed by atoms with E-state index in [1.54, 1.807) is 6.07 Å². The molecule has 2 rings (SSSR count). The van der Waals surface area contributed by atoms with Gasteiger partial charge in [0.15, 0.2) is 0 Å². The lowest BCUT2D eigenvalue weighted by Crippen LogP contribution is -2.22.